The lowest BCUT2D eigenvalue weighted by molar-refractivity contribution is -0.147. The van der Waals surface area contributed by atoms with Crippen molar-refractivity contribution in [1.82, 2.24) is 73.2 Å². The molecule has 3 rings (SSSR count). The summed E-state index contributed by atoms with van der Waals surface area (Å²) < 4.78 is 0. The van der Waals surface area contributed by atoms with Crippen molar-refractivity contribution in [1.29, 1.82) is 0 Å². The van der Waals surface area contributed by atoms with Crippen LogP contribution in [0.1, 0.15) is 202 Å². The van der Waals surface area contributed by atoms with Gasteiger partial charge in [0.2, 0.25) is 88.6 Å². The first-order chi connectivity index (χ1) is 46.1. The second-order valence-corrected chi connectivity index (χ2v) is 30.8. The highest BCUT2D eigenvalue weighted by Gasteiger charge is 2.49. The van der Waals surface area contributed by atoms with Gasteiger partial charge in [-0.2, -0.15) is 0 Å². The summed E-state index contributed by atoms with van der Waals surface area (Å²) in [6.07, 6.45) is 1.95. The Morgan fingerprint density at radius 2 is 0.820 bits per heavy atom. The third kappa shape index (κ3) is 24.1. The first kappa shape index (κ1) is 86.2. The lowest BCUT2D eigenvalue weighted by atomic mass is 9.94. The molecule has 100 heavy (non-hydrogen) atoms. The number of likely N-dealkylation sites (tertiary alicyclic amines) is 3. The van der Waals surface area contributed by atoms with E-state index in [1.54, 1.807) is 34.6 Å². The summed E-state index contributed by atoms with van der Waals surface area (Å²) in [4.78, 5) is 210. The predicted octanol–water partition coefficient (Wildman–Crippen LogP) is -1.59. The molecule has 15 amide bonds. The van der Waals surface area contributed by atoms with Crippen molar-refractivity contribution < 1.29 is 82.1 Å². The molecular formula is C68H117N15O17. The fourth-order valence-electron chi connectivity index (χ4n) is 12.5. The molecule has 32 nitrogen and oxygen atoms in total. The summed E-state index contributed by atoms with van der Waals surface area (Å²) in [6.45, 7) is 29.2. The number of nitrogens with zero attached hydrogens (tertiary/aromatic N) is 3. The molecule has 0 aromatic carbocycles. The molecule has 3 aliphatic rings. The summed E-state index contributed by atoms with van der Waals surface area (Å²) in [5.41, 5.74) is -2.75. The van der Waals surface area contributed by atoms with Crippen molar-refractivity contribution in [3.63, 3.8) is 0 Å². The summed E-state index contributed by atoms with van der Waals surface area (Å²) in [6, 6.07) is -10.8. The van der Waals surface area contributed by atoms with Crippen molar-refractivity contribution in [3.8, 4) is 0 Å². The van der Waals surface area contributed by atoms with E-state index in [9.17, 15) is 82.1 Å². The van der Waals surface area contributed by atoms with Gasteiger partial charge in [0.15, 0.2) is 0 Å². The normalized spacial score (nSPS) is 19.1. The average molecular weight is 1420 g/mol. The van der Waals surface area contributed by atoms with Crippen LogP contribution in [0.15, 0.2) is 0 Å². The van der Waals surface area contributed by atoms with Crippen LogP contribution in [-0.4, -0.2) is 228 Å². The van der Waals surface area contributed by atoms with Crippen molar-refractivity contribution >= 4 is 88.6 Å². The zero-order chi connectivity index (χ0) is 76.5. The van der Waals surface area contributed by atoms with E-state index in [1.165, 1.54) is 83.9 Å². The van der Waals surface area contributed by atoms with Gasteiger partial charge in [-0.15, -0.1) is 0 Å². The highest BCUT2D eigenvalue weighted by atomic mass is 16.3. The van der Waals surface area contributed by atoms with Gasteiger partial charge in [-0.25, -0.2) is 0 Å². The number of nitrogens with two attached hydrogens (primary N) is 1. The van der Waals surface area contributed by atoms with Gasteiger partial charge >= 0.3 is 0 Å². The Balaban J connectivity index is 1.72. The van der Waals surface area contributed by atoms with Gasteiger partial charge in [-0.05, 0) is 150 Å². The standard InChI is InChI=1S/C68H117N15O17/c1-20-68(19,60(97)74-43(32-38(6)7)54(91)78-66(15,16)61(98)81-27-21-24-46(81)55(92)70-41(34-84)30-36(2)3)80-57(94)48-26-23-29-83(48)63(100)67(17,18)79-58(95)50(39(8)9)75-52(89)45(35-85)72-56(93)47-25-22-28-82(47)62(99)65(13,14)77-53(90)42(31-37(4)5)71-51(88)44(33-49(69)87)73-59(96)64(11,12)76-40(10)86/h36-39,41-48,50,84-85H,20-35H2,1-19H3,(H2,69,87)(H,70,92)(H,71,88)(H,72,93)(H,73,96)(H,74,97)(H,75,89)(H,76,86)(H,77,90)(H,78,91)(H,79,95)(H,80,94)/t41-,42-,43-,44-,45-,46-,47-,48-,50-,68+/m0/s1. The Morgan fingerprint density at radius 1 is 0.430 bits per heavy atom. The maximum atomic E-state index is 14.5. The third-order valence-corrected chi connectivity index (χ3v) is 18.1. The van der Waals surface area contributed by atoms with Crippen LogP contribution in [0.25, 0.3) is 0 Å². The Bertz CT molecular complexity index is 3010. The Hall–Kier alpha value is -8.03. The van der Waals surface area contributed by atoms with E-state index in [0.29, 0.717) is 32.1 Å². The molecule has 3 aliphatic heterocycles. The number of amides is 15. The number of aliphatic hydroxyl groups is 2. The van der Waals surface area contributed by atoms with Crippen LogP contribution in [0.4, 0.5) is 0 Å². The molecule has 15 N–H and O–H groups in total. The molecule has 10 atom stereocenters. The third-order valence-electron chi connectivity index (χ3n) is 18.1. The monoisotopic (exact) mass is 1420 g/mol. The topological polar surface area (TPSA) is 465 Å². The zero-order valence-electron chi connectivity index (χ0n) is 62.3. The largest absolute Gasteiger partial charge is 0.394 e. The van der Waals surface area contributed by atoms with Gasteiger partial charge in [0.05, 0.1) is 25.7 Å². The second kappa shape index (κ2) is 36.5. The minimum absolute atomic E-state index is 0.0220. The maximum absolute atomic E-state index is 14.5. The van der Waals surface area contributed by atoms with Gasteiger partial charge in [-0.1, -0.05) is 62.3 Å². The second-order valence-electron chi connectivity index (χ2n) is 30.8. The molecule has 3 fully saturated rings. The minimum atomic E-state index is -1.74. The van der Waals surface area contributed by atoms with Crippen LogP contribution >= 0.6 is 0 Å². The number of hydrogen-bond acceptors (Lipinski definition) is 17. The first-order valence-corrected chi connectivity index (χ1v) is 34.9. The molecule has 0 radical (unpaired) electrons. The molecule has 32 heteroatoms. The summed E-state index contributed by atoms with van der Waals surface area (Å²) >= 11 is 0. The Kier molecular flexibility index (Phi) is 31.5. The highest BCUT2D eigenvalue weighted by molar-refractivity contribution is 6.03. The van der Waals surface area contributed by atoms with Crippen LogP contribution in [0.5, 0.6) is 0 Å². The fourth-order valence-corrected chi connectivity index (χ4v) is 12.5. The van der Waals surface area contributed by atoms with Gasteiger partial charge in [0.1, 0.15) is 76.0 Å². The molecule has 0 saturated carbocycles. The first-order valence-electron chi connectivity index (χ1n) is 34.9. The van der Waals surface area contributed by atoms with Crippen LogP contribution in [0, 0.1) is 23.7 Å². The van der Waals surface area contributed by atoms with Crippen LogP contribution in [-0.2, 0) is 71.9 Å². The van der Waals surface area contributed by atoms with Crippen molar-refractivity contribution in [2.75, 3.05) is 32.8 Å². The smallest absolute Gasteiger partial charge is 0.248 e. The van der Waals surface area contributed by atoms with Gasteiger partial charge in [-0.3, -0.25) is 71.9 Å². The predicted molar refractivity (Wildman–Crippen MR) is 368 cm³/mol. The van der Waals surface area contributed by atoms with Gasteiger partial charge in [0, 0.05) is 26.6 Å². The molecule has 566 valence electrons. The van der Waals surface area contributed by atoms with E-state index < -0.39 is 190 Å². The maximum Gasteiger partial charge on any atom is 0.248 e. The molecule has 0 aromatic heterocycles. The van der Waals surface area contributed by atoms with Crippen molar-refractivity contribution in [2.24, 2.45) is 29.4 Å². The molecule has 0 aromatic rings. The van der Waals surface area contributed by atoms with Crippen LogP contribution in [0.3, 0.4) is 0 Å². The van der Waals surface area contributed by atoms with E-state index >= 15 is 0 Å². The number of aliphatic hydroxyl groups excluding tert-OH is 2. The number of carbonyl (C=O) groups is 15. The van der Waals surface area contributed by atoms with Crippen molar-refractivity contribution in [2.45, 2.75) is 284 Å². The lowest BCUT2D eigenvalue weighted by Gasteiger charge is -2.37. The van der Waals surface area contributed by atoms with Crippen molar-refractivity contribution in [3.05, 3.63) is 0 Å². The average Bonchev–Trinajstić information content (AvgIpc) is 1.51. The van der Waals surface area contributed by atoms with E-state index in [4.69, 9.17) is 5.73 Å². The van der Waals surface area contributed by atoms with E-state index in [0.717, 1.165) is 0 Å². The van der Waals surface area contributed by atoms with Crippen LogP contribution in [0.2, 0.25) is 0 Å². The Labute approximate surface area is 588 Å². The quantitative estimate of drug-likeness (QED) is 0.0336. The summed E-state index contributed by atoms with van der Waals surface area (Å²) in [7, 11) is 0. The van der Waals surface area contributed by atoms with E-state index in [2.05, 4.69) is 58.5 Å². The van der Waals surface area contributed by atoms with E-state index in [-0.39, 0.29) is 76.1 Å². The molecule has 0 spiro atoms. The molecular weight excluding hydrogens is 1300 g/mol. The lowest BCUT2D eigenvalue weighted by Crippen LogP contribution is -2.66. The SMILES string of the molecule is CC[C@@](C)(NC(=O)[C@@H]1CCCN1C(=O)C(C)(C)NC(=O)[C@@H](NC(=O)[C@H](CO)NC(=O)[C@@H]1CCCN1C(=O)C(C)(C)NC(=O)[C@H](CC(C)C)NC(=O)[C@H](CC(N)=O)NC(=O)C(C)(C)NC(C)=O)C(C)C)C(=O)N[C@@H](CC(C)C)C(=O)NC(C)(C)C(=O)N1CCC[C@H]1C(=O)N[C@H](CO)CC(C)C. The minimum Gasteiger partial charge on any atom is -0.394 e. The fraction of sp³-hybridized carbons (Fsp3) is 0.779. The molecule has 3 saturated heterocycles. The summed E-state index contributed by atoms with van der Waals surface area (Å²) in [5.74, 6) is -12.0. The number of rotatable bonds is 36. The summed E-state index contributed by atoms with van der Waals surface area (Å²) in [5, 5.41) is 49.4. The van der Waals surface area contributed by atoms with Gasteiger partial charge in [0.25, 0.3) is 0 Å². The Morgan fingerprint density at radius 3 is 1.20 bits per heavy atom. The van der Waals surface area contributed by atoms with Gasteiger partial charge < -0.3 is 89.1 Å². The highest BCUT2D eigenvalue weighted by Crippen LogP contribution is 2.27. The number of carbonyl (C=O) groups excluding carboxylic acids is 15. The molecule has 0 bridgehead atoms. The van der Waals surface area contributed by atoms with E-state index in [1.807, 2.05) is 27.7 Å². The zero-order valence-corrected chi connectivity index (χ0v) is 62.3. The number of primary amides is 1. The number of nitrogens with one attached hydrogen (secondary N) is 11. The molecule has 0 aliphatic carbocycles. The number of hydrogen-bond donors (Lipinski definition) is 14. The molecule has 3 heterocycles. The molecule has 0 unspecified atom stereocenters. The van der Waals surface area contributed by atoms with Crippen LogP contribution < -0.4 is 64.2 Å².